The lowest BCUT2D eigenvalue weighted by Gasteiger charge is -2.13. The Morgan fingerprint density at radius 2 is 1.12 bits per heavy atom. The first kappa shape index (κ1) is 17.0. The van der Waals surface area contributed by atoms with E-state index in [1.807, 2.05) is 0 Å². The third-order valence-electron chi connectivity index (χ3n) is 3.62. The molecule has 1 atom stereocenters. The van der Waals surface area contributed by atoms with E-state index in [-0.39, 0.29) is 6.10 Å². The first-order valence-corrected chi connectivity index (χ1v) is 7.86. The van der Waals surface area contributed by atoms with E-state index in [0.717, 1.165) is 6.42 Å². The molecule has 0 amide bonds. The molecule has 0 heterocycles. The molecule has 0 aliphatic heterocycles. The molecule has 0 unspecified atom stereocenters. The van der Waals surface area contributed by atoms with E-state index in [4.69, 9.17) is 0 Å². The van der Waals surface area contributed by atoms with E-state index in [2.05, 4.69) is 20.8 Å². The summed E-state index contributed by atoms with van der Waals surface area (Å²) in [5, 5.41) is 9.65. The summed E-state index contributed by atoms with van der Waals surface area (Å²) in [6, 6.07) is 0. The van der Waals surface area contributed by atoms with E-state index >= 15 is 0 Å². The highest BCUT2D eigenvalue weighted by Crippen LogP contribution is 2.14. The summed E-state index contributed by atoms with van der Waals surface area (Å²) in [4.78, 5) is 0. The lowest BCUT2D eigenvalue weighted by Crippen LogP contribution is -2.13. The molecule has 17 heavy (non-hydrogen) atoms. The van der Waals surface area contributed by atoms with Crippen LogP contribution in [0.25, 0.3) is 0 Å². The van der Waals surface area contributed by atoms with E-state index in [0.29, 0.717) is 5.92 Å². The van der Waals surface area contributed by atoms with Gasteiger partial charge in [-0.2, -0.15) is 0 Å². The molecule has 0 bridgehead atoms. The van der Waals surface area contributed by atoms with Crippen LogP contribution in [0.15, 0.2) is 0 Å². The van der Waals surface area contributed by atoms with Crippen molar-refractivity contribution in [2.24, 2.45) is 5.92 Å². The minimum absolute atomic E-state index is 0.0796. The molecule has 0 radical (unpaired) electrons. The van der Waals surface area contributed by atoms with Crippen LogP contribution in [-0.4, -0.2) is 11.2 Å². The molecule has 0 aliphatic rings. The smallest absolute Gasteiger partial charge is 0.0563 e. The SMILES string of the molecule is CCCCCCCCCCCC[C@H](O)C(C)C. The van der Waals surface area contributed by atoms with Gasteiger partial charge >= 0.3 is 0 Å². The fourth-order valence-electron chi connectivity index (χ4n) is 2.17. The first-order valence-electron chi connectivity index (χ1n) is 7.86. The molecule has 0 rings (SSSR count). The van der Waals surface area contributed by atoms with Gasteiger partial charge in [0.25, 0.3) is 0 Å². The second-order valence-corrected chi connectivity index (χ2v) is 5.78. The average Bonchev–Trinajstić information content (AvgIpc) is 2.31. The number of hydrogen-bond acceptors (Lipinski definition) is 1. The summed E-state index contributed by atoms with van der Waals surface area (Å²) in [6.45, 7) is 6.47. The van der Waals surface area contributed by atoms with Gasteiger partial charge < -0.3 is 5.11 Å². The molecule has 0 spiro atoms. The zero-order valence-electron chi connectivity index (χ0n) is 12.4. The number of hydrogen-bond donors (Lipinski definition) is 1. The molecule has 104 valence electrons. The fourth-order valence-corrected chi connectivity index (χ4v) is 2.17. The molecule has 1 N–H and O–H groups in total. The average molecular weight is 242 g/mol. The second-order valence-electron chi connectivity index (χ2n) is 5.78. The zero-order valence-corrected chi connectivity index (χ0v) is 12.4. The maximum atomic E-state index is 9.65. The van der Waals surface area contributed by atoms with Crippen molar-refractivity contribution in [3.8, 4) is 0 Å². The lowest BCUT2D eigenvalue weighted by molar-refractivity contribution is 0.113. The maximum Gasteiger partial charge on any atom is 0.0563 e. The van der Waals surface area contributed by atoms with Gasteiger partial charge in [0, 0.05) is 0 Å². The minimum atomic E-state index is -0.0796. The summed E-state index contributed by atoms with van der Waals surface area (Å²) in [6.07, 6.45) is 14.6. The summed E-state index contributed by atoms with van der Waals surface area (Å²) >= 11 is 0. The molecular formula is C16H34O. The van der Waals surface area contributed by atoms with Crippen LogP contribution >= 0.6 is 0 Å². The number of unbranched alkanes of at least 4 members (excludes halogenated alkanes) is 9. The van der Waals surface area contributed by atoms with E-state index in [1.54, 1.807) is 0 Å². The molecule has 0 aromatic rings. The van der Waals surface area contributed by atoms with Crippen LogP contribution in [0.1, 0.15) is 91.4 Å². The van der Waals surface area contributed by atoms with Crippen molar-refractivity contribution >= 4 is 0 Å². The van der Waals surface area contributed by atoms with Crippen molar-refractivity contribution in [2.75, 3.05) is 0 Å². The Hall–Kier alpha value is -0.0400. The van der Waals surface area contributed by atoms with E-state index in [9.17, 15) is 5.11 Å². The molecule has 0 saturated carbocycles. The van der Waals surface area contributed by atoms with Gasteiger partial charge in [0.1, 0.15) is 0 Å². The summed E-state index contributed by atoms with van der Waals surface area (Å²) < 4.78 is 0. The van der Waals surface area contributed by atoms with Gasteiger partial charge in [-0.05, 0) is 12.3 Å². The zero-order chi connectivity index (χ0) is 12.9. The van der Waals surface area contributed by atoms with Crippen LogP contribution in [0.2, 0.25) is 0 Å². The molecule has 1 heteroatoms. The number of aliphatic hydroxyl groups excluding tert-OH is 1. The van der Waals surface area contributed by atoms with Gasteiger partial charge in [-0.1, -0.05) is 85.0 Å². The third kappa shape index (κ3) is 12.2. The van der Waals surface area contributed by atoms with Gasteiger partial charge in [0.15, 0.2) is 0 Å². The monoisotopic (exact) mass is 242 g/mol. The highest BCUT2D eigenvalue weighted by atomic mass is 16.3. The van der Waals surface area contributed by atoms with Crippen molar-refractivity contribution in [1.82, 2.24) is 0 Å². The predicted molar refractivity (Wildman–Crippen MR) is 77.3 cm³/mol. The summed E-state index contributed by atoms with van der Waals surface area (Å²) in [5.74, 6) is 0.425. The Morgan fingerprint density at radius 1 is 0.706 bits per heavy atom. The molecular weight excluding hydrogens is 208 g/mol. The Bertz CT molecular complexity index is 142. The van der Waals surface area contributed by atoms with Gasteiger partial charge in [0.05, 0.1) is 6.10 Å². The Morgan fingerprint density at radius 3 is 1.53 bits per heavy atom. The summed E-state index contributed by atoms with van der Waals surface area (Å²) in [5.41, 5.74) is 0. The maximum absolute atomic E-state index is 9.65. The quantitative estimate of drug-likeness (QED) is 0.460. The summed E-state index contributed by atoms with van der Waals surface area (Å²) in [7, 11) is 0. The third-order valence-corrected chi connectivity index (χ3v) is 3.62. The van der Waals surface area contributed by atoms with Crippen LogP contribution in [0.4, 0.5) is 0 Å². The van der Waals surface area contributed by atoms with Crippen LogP contribution in [0.5, 0.6) is 0 Å². The van der Waals surface area contributed by atoms with Crippen LogP contribution in [0, 0.1) is 5.92 Å². The number of rotatable bonds is 12. The highest BCUT2D eigenvalue weighted by Gasteiger charge is 2.07. The van der Waals surface area contributed by atoms with Gasteiger partial charge in [-0.3, -0.25) is 0 Å². The standard InChI is InChI=1S/C16H34O/c1-4-5-6-7-8-9-10-11-12-13-14-16(17)15(2)3/h15-17H,4-14H2,1-3H3/t16-/m0/s1. The second kappa shape index (κ2) is 12.4. The van der Waals surface area contributed by atoms with Crippen LogP contribution in [-0.2, 0) is 0 Å². The lowest BCUT2D eigenvalue weighted by atomic mass is 10.00. The van der Waals surface area contributed by atoms with Crippen LogP contribution < -0.4 is 0 Å². The predicted octanol–water partition coefficient (Wildman–Crippen LogP) is 5.31. The van der Waals surface area contributed by atoms with Crippen molar-refractivity contribution in [3.05, 3.63) is 0 Å². The Kier molecular flexibility index (Phi) is 12.4. The van der Waals surface area contributed by atoms with E-state index in [1.165, 1.54) is 64.2 Å². The van der Waals surface area contributed by atoms with Crippen molar-refractivity contribution in [3.63, 3.8) is 0 Å². The topological polar surface area (TPSA) is 20.2 Å². The molecule has 0 aromatic carbocycles. The Labute approximate surface area is 109 Å². The first-order chi connectivity index (χ1) is 8.18. The largest absolute Gasteiger partial charge is 0.393 e. The van der Waals surface area contributed by atoms with Crippen molar-refractivity contribution in [1.29, 1.82) is 0 Å². The molecule has 0 aliphatic carbocycles. The van der Waals surface area contributed by atoms with E-state index < -0.39 is 0 Å². The minimum Gasteiger partial charge on any atom is -0.393 e. The molecule has 0 saturated heterocycles. The van der Waals surface area contributed by atoms with Gasteiger partial charge in [-0.15, -0.1) is 0 Å². The van der Waals surface area contributed by atoms with Crippen molar-refractivity contribution < 1.29 is 5.11 Å². The molecule has 0 fully saturated rings. The normalized spacial score (nSPS) is 13.2. The fraction of sp³-hybridized carbons (Fsp3) is 1.00. The number of aliphatic hydroxyl groups is 1. The van der Waals surface area contributed by atoms with Gasteiger partial charge in [-0.25, -0.2) is 0 Å². The molecule has 1 nitrogen and oxygen atoms in total. The van der Waals surface area contributed by atoms with Gasteiger partial charge in [0.2, 0.25) is 0 Å². The van der Waals surface area contributed by atoms with Crippen molar-refractivity contribution in [2.45, 2.75) is 97.5 Å². The highest BCUT2D eigenvalue weighted by molar-refractivity contribution is 4.59. The Balaban J connectivity index is 3.03. The van der Waals surface area contributed by atoms with Crippen LogP contribution in [0.3, 0.4) is 0 Å². The molecule has 0 aromatic heterocycles.